The van der Waals surface area contributed by atoms with Crippen molar-refractivity contribution < 1.29 is 4.79 Å². The number of carbonyl (C=O) groups excluding carboxylic acids is 1. The minimum Gasteiger partial charge on any atom is -0.334 e. The van der Waals surface area contributed by atoms with Crippen molar-refractivity contribution in [2.24, 2.45) is 0 Å². The topological polar surface area (TPSA) is 53.9 Å². The zero-order valence-electron chi connectivity index (χ0n) is 13.6. The molecule has 0 fully saturated rings. The summed E-state index contributed by atoms with van der Waals surface area (Å²) < 4.78 is 2.42. The van der Waals surface area contributed by atoms with Gasteiger partial charge in [0, 0.05) is 24.4 Å². The maximum Gasteiger partial charge on any atom is 0.224 e. The average Bonchev–Trinajstić information content (AvgIpc) is 3.34. The Labute approximate surface area is 159 Å². The van der Waals surface area contributed by atoms with Crippen molar-refractivity contribution in [2.45, 2.75) is 19.5 Å². The predicted molar refractivity (Wildman–Crippen MR) is 105 cm³/mol. The van der Waals surface area contributed by atoms with Gasteiger partial charge in [-0.2, -0.15) is 5.10 Å². The minimum absolute atomic E-state index is 0.0773. The Morgan fingerprint density at radius 2 is 2.16 bits per heavy atom. The second-order valence-corrected chi connectivity index (χ2v) is 7.74. The molecule has 0 aromatic carbocycles. The number of rotatable bonds is 8. The van der Waals surface area contributed by atoms with Crippen molar-refractivity contribution in [1.82, 2.24) is 19.7 Å². The first-order valence-electron chi connectivity index (χ1n) is 7.79. The SMILES string of the molecule is C=CCN(Cc1cccs1)C(=O)CCn1c(-c2cccs2)n[nH]c1=S. The van der Waals surface area contributed by atoms with Gasteiger partial charge >= 0.3 is 0 Å². The van der Waals surface area contributed by atoms with E-state index in [9.17, 15) is 4.79 Å². The largest absolute Gasteiger partial charge is 0.334 e. The molecule has 0 saturated heterocycles. The second-order valence-electron chi connectivity index (χ2n) is 5.37. The van der Waals surface area contributed by atoms with E-state index in [0.717, 1.165) is 15.6 Å². The summed E-state index contributed by atoms with van der Waals surface area (Å²) in [5, 5.41) is 11.1. The van der Waals surface area contributed by atoms with Crippen molar-refractivity contribution in [3.05, 3.63) is 57.3 Å². The van der Waals surface area contributed by atoms with Crippen LogP contribution in [0.15, 0.2) is 47.7 Å². The van der Waals surface area contributed by atoms with Gasteiger partial charge < -0.3 is 4.90 Å². The molecule has 0 bridgehead atoms. The highest BCUT2D eigenvalue weighted by atomic mass is 32.1. The molecule has 8 heteroatoms. The molecule has 0 atom stereocenters. The number of hydrogen-bond acceptors (Lipinski definition) is 5. The number of thiophene rings is 2. The summed E-state index contributed by atoms with van der Waals surface area (Å²) in [5.41, 5.74) is 0. The van der Waals surface area contributed by atoms with Crippen LogP contribution in [0.4, 0.5) is 0 Å². The molecule has 0 spiro atoms. The zero-order chi connectivity index (χ0) is 17.6. The molecule has 25 heavy (non-hydrogen) atoms. The van der Waals surface area contributed by atoms with Gasteiger partial charge in [0.25, 0.3) is 0 Å². The van der Waals surface area contributed by atoms with Gasteiger partial charge in [-0.1, -0.05) is 18.2 Å². The molecule has 0 radical (unpaired) electrons. The van der Waals surface area contributed by atoms with E-state index in [4.69, 9.17) is 12.2 Å². The Bertz CT molecular complexity index is 878. The Kier molecular flexibility index (Phi) is 5.95. The summed E-state index contributed by atoms with van der Waals surface area (Å²) in [6.45, 7) is 5.40. The lowest BCUT2D eigenvalue weighted by Gasteiger charge is -2.20. The number of amides is 1. The Balaban J connectivity index is 1.70. The van der Waals surface area contributed by atoms with Gasteiger partial charge in [-0.3, -0.25) is 14.5 Å². The van der Waals surface area contributed by atoms with Crippen LogP contribution in [-0.2, 0) is 17.9 Å². The van der Waals surface area contributed by atoms with Crippen LogP contribution in [0.3, 0.4) is 0 Å². The minimum atomic E-state index is 0.0773. The second kappa shape index (κ2) is 8.37. The molecule has 5 nitrogen and oxygen atoms in total. The fourth-order valence-corrected chi connectivity index (χ4v) is 4.15. The van der Waals surface area contributed by atoms with Crippen LogP contribution in [0.2, 0.25) is 0 Å². The number of nitrogens with one attached hydrogen (secondary N) is 1. The molecular formula is C17H18N4OS3. The van der Waals surface area contributed by atoms with Gasteiger partial charge in [-0.15, -0.1) is 29.3 Å². The molecule has 0 aliphatic carbocycles. The lowest BCUT2D eigenvalue weighted by molar-refractivity contribution is -0.131. The maximum absolute atomic E-state index is 12.7. The van der Waals surface area contributed by atoms with E-state index >= 15 is 0 Å². The van der Waals surface area contributed by atoms with Crippen LogP contribution in [0.25, 0.3) is 10.7 Å². The quantitative estimate of drug-likeness (QED) is 0.460. The number of carbonyl (C=O) groups is 1. The third-order valence-electron chi connectivity index (χ3n) is 3.68. The molecule has 1 amide bonds. The molecule has 1 N–H and O–H groups in total. The van der Waals surface area contributed by atoms with Gasteiger partial charge in [0.05, 0.1) is 11.4 Å². The molecule has 3 aromatic heterocycles. The van der Waals surface area contributed by atoms with E-state index in [-0.39, 0.29) is 5.91 Å². The smallest absolute Gasteiger partial charge is 0.224 e. The molecule has 3 rings (SSSR count). The van der Waals surface area contributed by atoms with E-state index < -0.39 is 0 Å². The van der Waals surface area contributed by atoms with E-state index in [1.807, 2.05) is 44.5 Å². The molecule has 3 aromatic rings. The van der Waals surface area contributed by atoms with Crippen molar-refractivity contribution in [2.75, 3.05) is 6.54 Å². The van der Waals surface area contributed by atoms with Crippen LogP contribution in [0.5, 0.6) is 0 Å². The molecule has 3 heterocycles. The van der Waals surface area contributed by atoms with Crippen molar-refractivity contribution in [3.8, 4) is 10.7 Å². The lowest BCUT2D eigenvalue weighted by atomic mass is 10.3. The first-order valence-corrected chi connectivity index (χ1v) is 9.96. The lowest BCUT2D eigenvalue weighted by Crippen LogP contribution is -2.31. The standard InChI is InChI=1S/C17H18N4OS3/c1-2-8-20(12-13-5-3-10-24-13)15(22)7-9-21-16(18-19-17(21)23)14-6-4-11-25-14/h2-6,10-11H,1,7-9,12H2,(H,19,23). The summed E-state index contributed by atoms with van der Waals surface area (Å²) in [5.74, 6) is 0.856. The Hall–Kier alpha value is -2.03. The summed E-state index contributed by atoms with van der Waals surface area (Å²) in [6, 6.07) is 8.00. The molecule has 0 aliphatic heterocycles. The Morgan fingerprint density at radius 3 is 2.84 bits per heavy atom. The van der Waals surface area contributed by atoms with E-state index in [1.54, 1.807) is 28.7 Å². The normalized spacial score (nSPS) is 10.7. The number of nitrogens with zero attached hydrogens (tertiary/aromatic N) is 3. The first kappa shape index (κ1) is 17.8. The van der Waals surface area contributed by atoms with Crippen LogP contribution < -0.4 is 0 Å². The monoisotopic (exact) mass is 390 g/mol. The average molecular weight is 391 g/mol. The van der Waals surface area contributed by atoms with Gasteiger partial charge in [0.2, 0.25) is 5.91 Å². The highest BCUT2D eigenvalue weighted by Crippen LogP contribution is 2.23. The third-order valence-corrected chi connectivity index (χ3v) is 5.72. The zero-order valence-corrected chi connectivity index (χ0v) is 16.0. The fraction of sp³-hybridized carbons (Fsp3) is 0.235. The third kappa shape index (κ3) is 4.33. The fourth-order valence-electron chi connectivity index (χ4n) is 2.49. The number of aromatic nitrogens is 3. The first-order chi connectivity index (χ1) is 12.2. The Morgan fingerprint density at radius 1 is 1.36 bits per heavy atom. The van der Waals surface area contributed by atoms with Crippen LogP contribution in [0, 0.1) is 4.77 Å². The van der Waals surface area contributed by atoms with Gasteiger partial charge in [0.15, 0.2) is 10.6 Å². The van der Waals surface area contributed by atoms with Crippen molar-refractivity contribution in [1.29, 1.82) is 0 Å². The molecule has 0 saturated carbocycles. The molecule has 130 valence electrons. The van der Waals surface area contributed by atoms with Gasteiger partial charge in [-0.25, -0.2) is 0 Å². The number of aromatic amines is 1. The van der Waals surface area contributed by atoms with Crippen molar-refractivity contribution in [3.63, 3.8) is 0 Å². The highest BCUT2D eigenvalue weighted by molar-refractivity contribution is 7.71. The van der Waals surface area contributed by atoms with E-state index in [0.29, 0.717) is 30.8 Å². The van der Waals surface area contributed by atoms with E-state index in [2.05, 4.69) is 16.8 Å². The van der Waals surface area contributed by atoms with Crippen LogP contribution in [-0.4, -0.2) is 32.1 Å². The summed E-state index contributed by atoms with van der Waals surface area (Å²) >= 11 is 8.57. The van der Waals surface area contributed by atoms with E-state index in [1.165, 1.54) is 0 Å². The molecule has 0 aliphatic rings. The van der Waals surface area contributed by atoms with Gasteiger partial charge in [0.1, 0.15) is 0 Å². The predicted octanol–water partition coefficient (Wildman–Crippen LogP) is 4.34. The molecule has 0 unspecified atom stereocenters. The summed E-state index contributed by atoms with van der Waals surface area (Å²) in [7, 11) is 0. The number of hydrogen-bond donors (Lipinski definition) is 1. The highest BCUT2D eigenvalue weighted by Gasteiger charge is 2.16. The van der Waals surface area contributed by atoms with Gasteiger partial charge in [-0.05, 0) is 35.1 Å². The maximum atomic E-state index is 12.7. The summed E-state index contributed by atoms with van der Waals surface area (Å²) in [6.07, 6.45) is 2.12. The number of H-pyrrole nitrogens is 1. The summed E-state index contributed by atoms with van der Waals surface area (Å²) in [4.78, 5) is 16.7. The van der Waals surface area contributed by atoms with Crippen LogP contribution >= 0.6 is 34.9 Å². The van der Waals surface area contributed by atoms with Crippen LogP contribution in [0.1, 0.15) is 11.3 Å². The van der Waals surface area contributed by atoms with Crippen molar-refractivity contribution >= 4 is 40.8 Å². The molecular weight excluding hydrogens is 372 g/mol.